The molecule has 1 amide bonds. The van der Waals surface area contributed by atoms with E-state index in [4.69, 9.17) is 5.73 Å². The summed E-state index contributed by atoms with van der Waals surface area (Å²) in [7, 11) is 0. The van der Waals surface area contributed by atoms with Crippen molar-refractivity contribution >= 4 is 11.6 Å². The van der Waals surface area contributed by atoms with Gasteiger partial charge in [0.05, 0.1) is 11.9 Å². The molecule has 0 unspecified atom stereocenters. The topological polar surface area (TPSA) is 72.1 Å². The van der Waals surface area contributed by atoms with Crippen molar-refractivity contribution in [2.75, 3.05) is 5.73 Å². The molecule has 1 aromatic heterocycles. The van der Waals surface area contributed by atoms with Crippen molar-refractivity contribution in [1.29, 1.82) is 0 Å². The van der Waals surface area contributed by atoms with E-state index < -0.39 is 0 Å². The van der Waals surface area contributed by atoms with Crippen LogP contribution in [0.5, 0.6) is 0 Å². The normalized spacial score (nSPS) is 13.4. The molecule has 0 spiro atoms. The van der Waals surface area contributed by atoms with E-state index in [1.807, 2.05) is 25.1 Å². The van der Waals surface area contributed by atoms with Crippen molar-refractivity contribution in [1.82, 2.24) is 14.9 Å². The van der Waals surface area contributed by atoms with Gasteiger partial charge in [-0.2, -0.15) is 0 Å². The maximum atomic E-state index is 12.3. The fourth-order valence-electron chi connectivity index (χ4n) is 2.22. The number of hydrogen-bond acceptors (Lipinski definition) is 4. The molecule has 3 rings (SSSR count). The second kappa shape index (κ2) is 4.35. The molecule has 0 fully saturated rings. The zero-order chi connectivity index (χ0) is 13.4. The van der Waals surface area contributed by atoms with Crippen LogP contribution in [0, 0.1) is 6.92 Å². The van der Waals surface area contributed by atoms with E-state index in [-0.39, 0.29) is 5.91 Å². The van der Waals surface area contributed by atoms with Gasteiger partial charge in [0, 0.05) is 25.0 Å². The zero-order valence-corrected chi connectivity index (χ0v) is 10.6. The first-order valence-electron chi connectivity index (χ1n) is 6.08. The Labute approximate surface area is 111 Å². The highest BCUT2D eigenvalue weighted by atomic mass is 16.2. The highest BCUT2D eigenvalue weighted by Gasteiger charge is 2.25. The number of nitrogens with zero attached hydrogens (tertiary/aromatic N) is 3. The first-order valence-corrected chi connectivity index (χ1v) is 6.08. The van der Waals surface area contributed by atoms with Crippen LogP contribution in [0.3, 0.4) is 0 Å². The van der Waals surface area contributed by atoms with Crippen molar-refractivity contribution < 1.29 is 4.79 Å². The second-order valence-electron chi connectivity index (χ2n) is 4.73. The third-order valence-corrected chi connectivity index (χ3v) is 3.24. The van der Waals surface area contributed by atoms with E-state index in [0.717, 1.165) is 22.5 Å². The molecule has 96 valence electrons. The third-order valence-electron chi connectivity index (χ3n) is 3.24. The molecule has 2 aromatic rings. The quantitative estimate of drug-likeness (QED) is 0.783. The Hall–Kier alpha value is -2.43. The monoisotopic (exact) mass is 254 g/mol. The molecule has 0 saturated heterocycles. The minimum absolute atomic E-state index is 0.0951. The summed E-state index contributed by atoms with van der Waals surface area (Å²) < 4.78 is 0. The Bertz CT molecular complexity index is 636. The van der Waals surface area contributed by atoms with Crippen LogP contribution in [-0.4, -0.2) is 20.8 Å². The van der Waals surface area contributed by atoms with Gasteiger partial charge in [0.2, 0.25) is 0 Å². The second-order valence-corrected chi connectivity index (χ2v) is 4.73. The number of anilines is 1. The first-order chi connectivity index (χ1) is 9.13. The van der Waals surface area contributed by atoms with Crippen LogP contribution in [0.4, 0.5) is 5.69 Å². The standard InChI is InChI=1S/C14H14N4O/c1-9-5-17-13(6-16-9)14(19)18-7-10-2-3-12(15)4-11(10)8-18/h2-6H,7-8,15H2,1H3. The van der Waals surface area contributed by atoms with Crippen LogP contribution in [-0.2, 0) is 13.1 Å². The van der Waals surface area contributed by atoms with Gasteiger partial charge in [-0.3, -0.25) is 9.78 Å². The molecule has 2 N–H and O–H groups in total. The van der Waals surface area contributed by atoms with Gasteiger partial charge in [-0.1, -0.05) is 6.07 Å². The van der Waals surface area contributed by atoms with Crippen molar-refractivity contribution in [3.8, 4) is 0 Å². The lowest BCUT2D eigenvalue weighted by Crippen LogP contribution is -2.26. The molecule has 1 aliphatic heterocycles. The largest absolute Gasteiger partial charge is 0.399 e. The van der Waals surface area contributed by atoms with E-state index in [1.165, 1.54) is 6.20 Å². The summed E-state index contributed by atoms with van der Waals surface area (Å²) in [5, 5.41) is 0. The van der Waals surface area contributed by atoms with Gasteiger partial charge in [0.25, 0.3) is 5.91 Å². The molecule has 0 aliphatic carbocycles. The number of aryl methyl sites for hydroxylation is 1. The van der Waals surface area contributed by atoms with Gasteiger partial charge in [-0.05, 0) is 30.2 Å². The maximum Gasteiger partial charge on any atom is 0.274 e. The van der Waals surface area contributed by atoms with Crippen molar-refractivity contribution in [2.24, 2.45) is 0 Å². The van der Waals surface area contributed by atoms with E-state index in [9.17, 15) is 4.79 Å². The Balaban J connectivity index is 1.82. The Morgan fingerprint density at radius 2 is 2.00 bits per heavy atom. The summed E-state index contributed by atoms with van der Waals surface area (Å²) in [6.45, 7) is 3.02. The molecule has 0 bridgehead atoms. The Morgan fingerprint density at radius 1 is 1.21 bits per heavy atom. The molecule has 0 radical (unpaired) electrons. The number of rotatable bonds is 1. The number of hydrogen-bond donors (Lipinski definition) is 1. The van der Waals surface area contributed by atoms with Crippen molar-refractivity contribution in [3.05, 3.63) is 53.1 Å². The predicted molar refractivity (Wildman–Crippen MR) is 71.2 cm³/mol. The molecule has 0 atom stereocenters. The highest BCUT2D eigenvalue weighted by molar-refractivity contribution is 5.92. The molecular weight excluding hydrogens is 240 g/mol. The molecule has 5 heteroatoms. The SMILES string of the molecule is Cc1cnc(C(=O)N2Cc3ccc(N)cc3C2)cn1. The Kier molecular flexibility index (Phi) is 2.67. The summed E-state index contributed by atoms with van der Waals surface area (Å²) in [4.78, 5) is 22.3. The Morgan fingerprint density at radius 3 is 2.74 bits per heavy atom. The van der Waals surface area contributed by atoms with E-state index in [0.29, 0.717) is 18.8 Å². The van der Waals surface area contributed by atoms with Crippen LogP contribution in [0.1, 0.15) is 27.3 Å². The molecule has 1 aliphatic rings. The van der Waals surface area contributed by atoms with Crippen molar-refractivity contribution in [2.45, 2.75) is 20.0 Å². The van der Waals surface area contributed by atoms with Gasteiger partial charge in [0.15, 0.2) is 0 Å². The average molecular weight is 254 g/mol. The van der Waals surface area contributed by atoms with Crippen molar-refractivity contribution in [3.63, 3.8) is 0 Å². The number of nitrogen functional groups attached to an aromatic ring is 1. The van der Waals surface area contributed by atoms with E-state index >= 15 is 0 Å². The fourth-order valence-corrected chi connectivity index (χ4v) is 2.22. The summed E-state index contributed by atoms with van der Waals surface area (Å²) in [5.41, 5.74) is 9.91. The number of carbonyl (C=O) groups is 1. The summed E-state index contributed by atoms with van der Waals surface area (Å²) in [5.74, 6) is -0.0951. The molecule has 1 aromatic carbocycles. The predicted octanol–water partition coefficient (Wildman–Crippen LogP) is 1.52. The number of carbonyl (C=O) groups excluding carboxylic acids is 1. The van der Waals surface area contributed by atoms with Crippen LogP contribution in [0.15, 0.2) is 30.6 Å². The smallest absolute Gasteiger partial charge is 0.274 e. The fraction of sp³-hybridized carbons (Fsp3) is 0.214. The molecule has 19 heavy (non-hydrogen) atoms. The first kappa shape index (κ1) is 11.6. The van der Waals surface area contributed by atoms with E-state index in [2.05, 4.69) is 9.97 Å². The molecule has 5 nitrogen and oxygen atoms in total. The number of fused-ring (bicyclic) bond motifs is 1. The zero-order valence-electron chi connectivity index (χ0n) is 10.6. The van der Waals surface area contributed by atoms with E-state index in [1.54, 1.807) is 11.1 Å². The van der Waals surface area contributed by atoms with Crippen LogP contribution in [0.25, 0.3) is 0 Å². The van der Waals surface area contributed by atoms with Crippen LogP contribution >= 0.6 is 0 Å². The number of nitrogens with two attached hydrogens (primary N) is 1. The van der Waals surface area contributed by atoms with Gasteiger partial charge in [-0.25, -0.2) is 4.98 Å². The van der Waals surface area contributed by atoms with Gasteiger partial charge >= 0.3 is 0 Å². The molecular formula is C14H14N4O. The van der Waals surface area contributed by atoms with Crippen LogP contribution < -0.4 is 5.73 Å². The van der Waals surface area contributed by atoms with Gasteiger partial charge in [-0.15, -0.1) is 0 Å². The number of aromatic nitrogens is 2. The number of benzene rings is 1. The van der Waals surface area contributed by atoms with Gasteiger partial charge in [0.1, 0.15) is 5.69 Å². The maximum absolute atomic E-state index is 12.3. The number of amides is 1. The molecule has 0 saturated carbocycles. The lowest BCUT2D eigenvalue weighted by molar-refractivity contribution is 0.0745. The molecule has 2 heterocycles. The lowest BCUT2D eigenvalue weighted by atomic mass is 10.1. The van der Waals surface area contributed by atoms with Crippen LogP contribution in [0.2, 0.25) is 0 Å². The average Bonchev–Trinajstić information content (AvgIpc) is 2.81. The lowest BCUT2D eigenvalue weighted by Gasteiger charge is -2.14. The minimum Gasteiger partial charge on any atom is -0.399 e. The van der Waals surface area contributed by atoms with Gasteiger partial charge < -0.3 is 10.6 Å². The summed E-state index contributed by atoms with van der Waals surface area (Å²) >= 11 is 0. The summed E-state index contributed by atoms with van der Waals surface area (Å²) in [6.07, 6.45) is 3.13. The highest BCUT2D eigenvalue weighted by Crippen LogP contribution is 2.25. The third kappa shape index (κ3) is 2.14. The minimum atomic E-state index is -0.0951. The summed E-state index contributed by atoms with van der Waals surface area (Å²) in [6, 6.07) is 5.75.